The lowest BCUT2D eigenvalue weighted by atomic mass is 10.1. The van der Waals surface area contributed by atoms with E-state index in [0.29, 0.717) is 13.0 Å². The lowest BCUT2D eigenvalue weighted by Gasteiger charge is -2.19. The Morgan fingerprint density at radius 3 is 2.85 bits per heavy atom. The smallest absolute Gasteiger partial charge is 0.241 e. The molecule has 1 saturated heterocycles. The number of amides is 1. The first-order valence-corrected chi connectivity index (χ1v) is 7.34. The minimum Gasteiger partial charge on any atom is -0.380 e. The van der Waals surface area contributed by atoms with Crippen LogP contribution in [0, 0.1) is 0 Å². The van der Waals surface area contributed by atoms with Crippen molar-refractivity contribution >= 4 is 33.2 Å². The summed E-state index contributed by atoms with van der Waals surface area (Å²) in [6, 6.07) is 5.64. The minimum absolute atomic E-state index is 0.0225. The molecule has 0 aliphatic carbocycles. The average molecular weight is 342 g/mol. The van der Waals surface area contributed by atoms with E-state index in [1.54, 1.807) is 7.11 Å². The van der Waals surface area contributed by atoms with Crippen molar-refractivity contribution in [3.05, 3.63) is 22.7 Å². The Kier molecular flexibility index (Phi) is 5.01. The molecule has 0 bridgehead atoms. The van der Waals surface area contributed by atoms with Gasteiger partial charge in [-0.3, -0.25) is 4.79 Å². The summed E-state index contributed by atoms with van der Waals surface area (Å²) in [5.74, 6) is -0.0225. The normalized spacial score (nSPS) is 21.8. The van der Waals surface area contributed by atoms with Crippen LogP contribution in [0.15, 0.2) is 22.7 Å². The molecule has 0 spiro atoms. The summed E-state index contributed by atoms with van der Waals surface area (Å²) in [7, 11) is 5.58. The van der Waals surface area contributed by atoms with E-state index in [4.69, 9.17) is 4.74 Å². The van der Waals surface area contributed by atoms with Gasteiger partial charge in [0.2, 0.25) is 5.91 Å². The fraction of sp³-hybridized carbons (Fsp3) is 0.500. The number of ether oxygens (including phenoxy) is 1. The Bertz CT molecular complexity index is 493. The van der Waals surface area contributed by atoms with E-state index in [-0.39, 0.29) is 18.1 Å². The van der Waals surface area contributed by atoms with Crippen LogP contribution in [0.25, 0.3) is 0 Å². The number of hydrogen-bond acceptors (Lipinski definition) is 4. The van der Waals surface area contributed by atoms with Gasteiger partial charge in [0, 0.05) is 32.2 Å². The van der Waals surface area contributed by atoms with Crippen LogP contribution < -0.4 is 15.5 Å². The summed E-state index contributed by atoms with van der Waals surface area (Å²) in [4.78, 5) is 14.3. The second-order valence-electron chi connectivity index (χ2n) is 5.10. The number of rotatable bonds is 4. The summed E-state index contributed by atoms with van der Waals surface area (Å²) in [5, 5.41) is 6.17. The van der Waals surface area contributed by atoms with E-state index in [1.165, 1.54) is 0 Å². The van der Waals surface area contributed by atoms with Gasteiger partial charge in [0.1, 0.15) is 0 Å². The predicted octanol–water partition coefficient (Wildman–Crippen LogP) is 1.83. The molecule has 1 heterocycles. The van der Waals surface area contributed by atoms with E-state index in [1.807, 2.05) is 37.2 Å². The zero-order valence-electron chi connectivity index (χ0n) is 11.9. The zero-order chi connectivity index (χ0) is 14.7. The highest BCUT2D eigenvalue weighted by atomic mass is 79.9. The zero-order valence-corrected chi connectivity index (χ0v) is 13.5. The molecule has 2 rings (SSSR count). The van der Waals surface area contributed by atoms with E-state index in [9.17, 15) is 4.79 Å². The molecule has 0 radical (unpaired) electrons. The number of nitrogens with zero attached hydrogens (tertiary/aromatic N) is 1. The number of halogens is 1. The summed E-state index contributed by atoms with van der Waals surface area (Å²) < 4.78 is 6.20. The van der Waals surface area contributed by atoms with Crippen molar-refractivity contribution in [2.24, 2.45) is 0 Å². The van der Waals surface area contributed by atoms with Crippen LogP contribution in [0.4, 0.5) is 11.4 Å². The molecule has 1 fully saturated rings. The van der Waals surface area contributed by atoms with Gasteiger partial charge in [0.05, 0.1) is 23.5 Å². The quantitative estimate of drug-likeness (QED) is 0.877. The summed E-state index contributed by atoms with van der Waals surface area (Å²) in [5.41, 5.74) is 1.78. The third-order valence-electron chi connectivity index (χ3n) is 3.44. The molecule has 2 unspecified atom stereocenters. The molecular formula is C14H20BrN3O2. The second kappa shape index (κ2) is 6.56. The SMILES string of the molecule is COC1CNC(C(=O)Nc2cc(Br)ccc2N(C)C)C1. The Morgan fingerprint density at radius 2 is 2.25 bits per heavy atom. The Labute approximate surface area is 127 Å². The molecule has 20 heavy (non-hydrogen) atoms. The van der Waals surface area contributed by atoms with Crippen molar-refractivity contribution in [2.75, 3.05) is 38.0 Å². The van der Waals surface area contributed by atoms with Crippen molar-refractivity contribution in [2.45, 2.75) is 18.6 Å². The van der Waals surface area contributed by atoms with Crippen molar-refractivity contribution in [1.82, 2.24) is 5.32 Å². The monoisotopic (exact) mass is 341 g/mol. The van der Waals surface area contributed by atoms with Gasteiger partial charge in [0.15, 0.2) is 0 Å². The maximum absolute atomic E-state index is 12.3. The van der Waals surface area contributed by atoms with Crippen LogP contribution in [-0.2, 0) is 9.53 Å². The Hall–Kier alpha value is -1.11. The van der Waals surface area contributed by atoms with E-state index in [0.717, 1.165) is 15.8 Å². The first-order chi connectivity index (χ1) is 9.51. The van der Waals surface area contributed by atoms with Crippen LogP contribution in [-0.4, -0.2) is 45.8 Å². The molecule has 2 atom stereocenters. The lowest BCUT2D eigenvalue weighted by molar-refractivity contribution is -0.118. The van der Waals surface area contributed by atoms with Crippen molar-refractivity contribution < 1.29 is 9.53 Å². The number of anilines is 2. The third-order valence-corrected chi connectivity index (χ3v) is 3.93. The number of nitrogens with one attached hydrogen (secondary N) is 2. The van der Waals surface area contributed by atoms with Gasteiger partial charge in [-0.15, -0.1) is 0 Å². The van der Waals surface area contributed by atoms with E-state index >= 15 is 0 Å². The highest BCUT2D eigenvalue weighted by Gasteiger charge is 2.29. The fourth-order valence-electron chi connectivity index (χ4n) is 2.30. The molecule has 6 heteroatoms. The Balaban J connectivity index is 2.09. The highest BCUT2D eigenvalue weighted by molar-refractivity contribution is 9.10. The molecule has 5 nitrogen and oxygen atoms in total. The van der Waals surface area contributed by atoms with Crippen LogP contribution >= 0.6 is 15.9 Å². The highest BCUT2D eigenvalue weighted by Crippen LogP contribution is 2.28. The number of hydrogen-bond donors (Lipinski definition) is 2. The van der Waals surface area contributed by atoms with Crippen molar-refractivity contribution in [3.8, 4) is 0 Å². The van der Waals surface area contributed by atoms with Crippen molar-refractivity contribution in [1.29, 1.82) is 0 Å². The summed E-state index contributed by atoms with van der Waals surface area (Å²) in [6.45, 7) is 0.716. The first kappa shape index (κ1) is 15.3. The maximum atomic E-state index is 12.3. The van der Waals surface area contributed by atoms with Crippen molar-refractivity contribution in [3.63, 3.8) is 0 Å². The van der Waals surface area contributed by atoms with Crippen LogP contribution in [0.1, 0.15) is 6.42 Å². The average Bonchev–Trinajstić information content (AvgIpc) is 2.87. The number of carbonyl (C=O) groups excluding carboxylic acids is 1. The van der Waals surface area contributed by atoms with Crippen LogP contribution in [0.5, 0.6) is 0 Å². The predicted molar refractivity (Wildman–Crippen MR) is 84.3 cm³/mol. The topological polar surface area (TPSA) is 53.6 Å². The van der Waals surface area contributed by atoms with Gasteiger partial charge in [-0.2, -0.15) is 0 Å². The summed E-state index contributed by atoms with van der Waals surface area (Å²) >= 11 is 3.43. The van der Waals surface area contributed by atoms with Gasteiger partial charge in [0.25, 0.3) is 0 Å². The number of methoxy groups -OCH3 is 1. The fourth-order valence-corrected chi connectivity index (χ4v) is 2.66. The molecule has 1 aromatic carbocycles. The third kappa shape index (κ3) is 3.50. The molecule has 0 saturated carbocycles. The Morgan fingerprint density at radius 1 is 1.50 bits per heavy atom. The summed E-state index contributed by atoms with van der Waals surface area (Å²) in [6.07, 6.45) is 0.815. The first-order valence-electron chi connectivity index (χ1n) is 6.55. The molecule has 110 valence electrons. The molecule has 1 aromatic rings. The van der Waals surface area contributed by atoms with Crippen LogP contribution in [0.2, 0.25) is 0 Å². The van der Waals surface area contributed by atoms with Gasteiger partial charge in [-0.05, 0) is 24.6 Å². The molecular weight excluding hydrogens is 322 g/mol. The number of carbonyl (C=O) groups is 1. The molecule has 1 aliphatic rings. The second-order valence-corrected chi connectivity index (χ2v) is 6.02. The minimum atomic E-state index is -0.200. The molecule has 2 N–H and O–H groups in total. The maximum Gasteiger partial charge on any atom is 0.241 e. The molecule has 0 aromatic heterocycles. The van der Waals surface area contributed by atoms with Gasteiger partial charge in [-0.1, -0.05) is 15.9 Å². The van der Waals surface area contributed by atoms with Gasteiger partial charge < -0.3 is 20.3 Å². The van der Waals surface area contributed by atoms with E-state index < -0.39 is 0 Å². The van der Waals surface area contributed by atoms with Gasteiger partial charge in [-0.25, -0.2) is 0 Å². The largest absolute Gasteiger partial charge is 0.380 e. The number of benzene rings is 1. The van der Waals surface area contributed by atoms with E-state index in [2.05, 4.69) is 26.6 Å². The lowest BCUT2D eigenvalue weighted by Crippen LogP contribution is -2.35. The van der Waals surface area contributed by atoms with Gasteiger partial charge >= 0.3 is 0 Å². The standard InChI is InChI=1S/C14H20BrN3O2/c1-18(2)13-5-4-9(15)6-11(13)17-14(19)12-7-10(20-3)8-16-12/h4-6,10,12,16H,7-8H2,1-3H3,(H,17,19). The molecule has 1 amide bonds. The van der Waals surface area contributed by atoms with Crippen LogP contribution in [0.3, 0.4) is 0 Å². The molecule has 1 aliphatic heterocycles.